The number of hydrogen-bond donors (Lipinski definition) is 2. The SMILES string of the molecule is Nc1ccc2c(-c3ccccc3)nc(=O)[nH]c2c1. The lowest BCUT2D eigenvalue weighted by atomic mass is 10.1. The standard InChI is InChI=1S/C14H11N3O/c15-10-6-7-11-12(8-10)16-14(18)17-13(11)9-4-2-1-3-5-9/h1-8H,15H2,(H,16,17,18). The zero-order valence-electron chi connectivity index (χ0n) is 9.55. The van der Waals surface area contributed by atoms with E-state index in [9.17, 15) is 4.79 Å². The number of H-pyrrole nitrogens is 1. The van der Waals surface area contributed by atoms with Gasteiger partial charge in [0.05, 0.1) is 11.2 Å². The number of anilines is 1. The Balaban J connectivity index is 2.39. The summed E-state index contributed by atoms with van der Waals surface area (Å²) in [5, 5.41) is 0.884. The highest BCUT2D eigenvalue weighted by molar-refractivity contribution is 5.93. The fourth-order valence-electron chi connectivity index (χ4n) is 1.99. The van der Waals surface area contributed by atoms with E-state index in [4.69, 9.17) is 5.73 Å². The lowest BCUT2D eigenvalue weighted by molar-refractivity contribution is 1.12. The molecule has 0 unspecified atom stereocenters. The van der Waals surface area contributed by atoms with Gasteiger partial charge in [0.15, 0.2) is 0 Å². The summed E-state index contributed by atoms with van der Waals surface area (Å²) >= 11 is 0. The average molecular weight is 237 g/mol. The van der Waals surface area contributed by atoms with Crippen LogP contribution >= 0.6 is 0 Å². The molecule has 0 aliphatic carbocycles. The molecule has 2 aromatic carbocycles. The molecule has 0 saturated carbocycles. The third kappa shape index (κ3) is 1.73. The molecule has 4 nitrogen and oxygen atoms in total. The Morgan fingerprint density at radius 2 is 1.83 bits per heavy atom. The van der Waals surface area contributed by atoms with E-state index in [0.717, 1.165) is 10.9 Å². The third-order valence-corrected chi connectivity index (χ3v) is 2.80. The second-order valence-corrected chi connectivity index (χ2v) is 4.06. The second kappa shape index (κ2) is 4.00. The first-order valence-electron chi connectivity index (χ1n) is 5.59. The first-order chi connectivity index (χ1) is 8.74. The first kappa shape index (κ1) is 10.5. The lowest BCUT2D eigenvalue weighted by Crippen LogP contribution is -2.11. The van der Waals surface area contributed by atoms with E-state index in [1.165, 1.54) is 0 Å². The van der Waals surface area contributed by atoms with E-state index in [2.05, 4.69) is 9.97 Å². The van der Waals surface area contributed by atoms with Gasteiger partial charge in [-0.15, -0.1) is 0 Å². The Morgan fingerprint density at radius 3 is 2.61 bits per heavy atom. The van der Waals surface area contributed by atoms with E-state index >= 15 is 0 Å². The zero-order chi connectivity index (χ0) is 12.5. The fraction of sp³-hybridized carbons (Fsp3) is 0. The van der Waals surface area contributed by atoms with Gasteiger partial charge in [0.2, 0.25) is 0 Å². The molecule has 0 aliphatic heterocycles. The number of rotatable bonds is 1. The quantitative estimate of drug-likeness (QED) is 0.637. The lowest BCUT2D eigenvalue weighted by Gasteiger charge is -2.05. The van der Waals surface area contributed by atoms with Crippen molar-refractivity contribution in [2.75, 3.05) is 5.73 Å². The van der Waals surface area contributed by atoms with Gasteiger partial charge in [0, 0.05) is 16.6 Å². The summed E-state index contributed by atoms with van der Waals surface area (Å²) in [5.74, 6) is 0. The van der Waals surface area contributed by atoms with Crippen LogP contribution in [-0.4, -0.2) is 9.97 Å². The molecule has 0 bridgehead atoms. The van der Waals surface area contributed by atoms with Crippen molar-refractivity contribution in [1.29, 1.82) is 0 Å². The van der Waals surface area contributed by atoms with Gasteiger partial charge in [0.1, 0.15) is 0 Å². The molecule has 0 amide bonds. The van der Waals surface area contributed by atoms with Crippen LogP contribution in [0, 0.1) is 0 Å². The summed E-state index contributed by atoms with van der Waals surface area (Å²) in [6.07, 6.45) is 0. The minimum atomic E-state index is -0.369. The average Bonchev–Trinajstić information content (AvgIpc) is 2.38. The predicted molar refractivity (Wildman–Crippen MR) is 72.2 cm³/mol. The Hall–Kier alpha value is -2.62. The highest BCUT2D eigenvalue weighted by Gasteiger charge is 2.07. The molecule has 0 spiro atoms. The van der Waals surface area contributed by atoms with Crippen molar-refractivity contribution in [2.24, 2.45) is 0 Å². The highest BCUT2D eigenvalue weighted by Crippen LogP contribution is 2.25. The number of fused-ring (bicyclic) bond motifs is 1. The number of nitrogens with two attached hydrogens (primary N) is 1. The maximum atomic E-state index is 11.6. The highest BCUT2D eigenvalue weighted by atomic mass is 16.1. The van der Waals surface area contributed by atoms with Gasteiger partial charge in [-0.1, -0.05) is 30.3 Å². The van der Waals surface area contributed by atoms with Crippen LogP contribution in [-0.2, 0) is 0 Å². The van der Waals surface area contributed by atoms with Crippen molar-refractivity contribution in [3.8, 4) is 11.3 Å². The van der Waals surface area contributed by atoms with Gasteiger partial charge in [-0.3, -0.25) is 0 Å². The number of aromatic amines is 1. The molecule has 3 aromatic rings. The summed E-state index contributed by atoms with van der Waals surface area (Å²) in [7, 11) is 0. The van der Waals surface area contributed by atoms with E-state index in [1.54, 1.807) is 12.1 Å². The molecule has 0 aliphatic rings. The Kier molecular flexibility index (Phi) is 2.34. The van der Waals surface area contributed by atoms with Crippen LogP contribution in [0.5, 0.6) is 0 Å². The van der Waals surface area contributed by atoms with Crippen molar-refractivity contribution >= 4 is 16.6 Å². The maximum absolute atomic E-state index is 11.6. The molecule has 1 heterocycles. The molecule has 4 heteroatoms. The Morgan fingerprint density at radius 1 is 1.06 bits per heavy atom. The number of aromatic nitrogens is 2. The number of benzene rings is 2. The van der Waals surface area contributed by atoms with Crippen molar-refractivity contribution in [2.45, 2.75) is 0 Å². The van der Waals surface area contributed by atoms with Crippen LogP contribution in [0.25, 0.3) is 22.2 Å². The minimum Gasteiger partial charge on any atom is -0.399 e. The van der Waals surface area contributed by atoms with Crippen LogP contribution in [0.2, 0.25) is 0 Å². The van der Waals surface area contributed by atoms with Gasteiger partial charge in [-0.05, 0) is 18.2 Å². The van der Waals surface area contributed by atoms with E-state index in [0.29, 0.717) is 16.9 Å². The molecule has 0 saturated heterocycles. The topological polar surface area (TPSA) is 71.8 Å². The molecule has 88 valence electrons. The molecule has 0 atom stereocenters. The van der Waals surface area contributed by atoms with Crippen LogP contribution in [0.15, 0.2) is 53.3 Å². The summed E-state index contributed by atoms with van der Waals surface area (Å²) in [5.41, 5.74) is 8.26. The van der Waals surface area contributed by atoms with Crippen molar-refractivity contribution < 1.29 is 0 Å². The fourth-order valence-corrected chi connectivity index (χ4v) is 1.99. The third-order valence-electron chi connectivity index (χ3n) is 2.80. The van der Waals surface area contributed by atoms with Gasteiger partial charge in [0.25, 0.3) is 0 Å². The van der Waals surface area contributed by atoms with Crippen LogP contribution in [0.3, 0.4) is 0 Å². The van der Waals surface area contributed by atoms with Gasteiger partial charge in [-0.25, -0.2) is 4.79 Å². The monoisotopic (exact) mass is 237 g/mol. The Bertz CT molecular complexity index is 763. The van der Waals surface area contributed by atoms with Crippen molar-refractivity contribution in [3.05, 3.63) is 59.0 Å². The van der Waals surface area contributed by atoms with Gasteiger partial charge >= 0.3 is 5.69 Å². The summed E-state index contributed by atoms with van der Waals surface area (Å²) in [6.45, 7) is 0. The number of hydrogen-bond acceptors (Lipinski definition) is 3. The number of nitrogens with zero attached hydrogens (tertiary/aromatic N) is 1. The molecule has 3 N–H and O–H groups in total. The van der Waals surface area contributed by atoms with Crippen molar-refractivity contribution in [1.82, 2.24) is 9.97 Å². The Labute approximate surface area is 103 Å². The maximum Gasteiger partial charge on any atom is 0.345 e. The van der Waals surface area contributed by atoms with Gasteiger partial charge in [-0.2, -0.15) is 4.98 Å². The predicted octanol–water partition coefficient (Wildman–Crippen LogP) is 2.17. The second-order valence-electron chi connectivity index (χ2n) is 4.06. The summed E-state index contributed by atoms with van der Waals surface area (Å²) < 4.78 is 0. The van der Waals surface area contributed by atoms with E-state index in [1.807, 2.05) is 36.4 Å². The molecule has 18 heavy (non-hydrogen) atoms. The first-order valence-corrected chi connectivity index (χ1v) is 5.59. The van der Waals surface area contributed by atoms with Gasteiger partial charge < -0.3 is 10.7 Å². The zero-order valence-corrected chi connectivity index (χ0v) is 9.55. The largest absolute Gasteiger partial charge is 0.399 e. The summed E-state index contributed by atoms with van der Waals surface area (Å²) in [6, 6.07) is 15.0. The molecule has 0 fully saturated rings. The van der Waals surface area contributed by atoms with Crippen LogP contribution in [0.1, 0.15) is 0 Å². The molecule has 1 aromatic heterocycles. The molecular formula is C14H11N3O. The summed E-state index contributed by atoms with van der Waals surface area (Å²) in [4.78, 5) is 18.3. The van der Waals surface area contributed by atoms with Crippen LogP contribution in [0.4, 0.5) is 5.69 Å². The van der Waals surface area contributed by atoms with E-state index in [-0.39, 0.29) is 5.69 Å². The van der Waals surface area contributed by atoms with E-state index < -0.39 is 0 Å². The normalized spacial score (nSPS) is 10.7. The molecule has 0 radical (unpaired) electrons. The molecular weight excluding hydrogens is 226 g/mol. The molecule has 3 rings (SSSR count). The smallest absolute Gasteiger partial charge is 0.345 e. The minimum absolute atomic E-state index is 0.369. The van der Waals surface area contributed by atoms with Crippen LogP contribution < -0.4 is 11.4 Å². The van der Waals surface area contributed by atoms with Crippen molar-refractivity contribution in [3.63, 3.8) is 0 Å². The number of nitrogens with one attached hydrogen (secondary N) is 1. The number of nitrogen functional groups attached to an aromatic ring is 1.